The van der Waals surface area contributed by atoms with E-state index in [0.29, 0.717) is 5.41 Å². The SMILES string of the molecule is CC.CI(C)N1CCC2(CCNC2)C1. The Labute approximate surface area is 96.6 Å². The Morgan fingerprint density at radius 2 is 1.93 bits per heavy atom. The van der Waals surface area contributed by atoms with Crippen molar-refractivity contribution in [3.8, 4) is 0 Å². The Morgan fingerprint density at radius 1 is 1.21 bits per heavy atom. The molecule has 1 spiro atoms. The van der Waals surface area contributed by atoms with E-state index < -0.39 is 20.1 Å². The zero-order valence-corrected chi connectivity index (χ0v) is 12.2. The molecule has 2 rings (SSSR count). The number of rotatable bonds is 1. The van der Waals surface area contributed by atoms with Crippen molar-refractivity contribution in [1.29, 1.82) is 0 Å². The number of hydrogen-bond acceptors (Lipinski definition) is 2. The van der Waals surface area contributed by atoms with Crippen LogP contribution in [0.15, 0.2) is 0 Å². The molecule has 2 saturated heterocycles. The second-order valence-electron chi connectivity index (χ2n) is 4.24. The van der Waals surface area contributed by atoms with Gasteiger partial charge in [0.2, 0.25) is 0 Å². The third kappa shape index (κ3) is 2.83. The molecule has 2 fully saturated rings. The van der Waals surface area contributed by atoms with E-state index in [4.69, 9.17) is 0 Å². The van der Waals surface area contributed by atoms with Gasteiger partial charge in [0.1, 0.15) is 0 Å². The number of nitrogens with one attached hydrogen (secondary N) is 1. The maximum absolute atomic E-state index is 3.51. The Hall–Kier alpha value is 0.650. The fourth-order valence-corrected chi connectivity index (χ4v) is 4.92. The quantitative estimate of drug-likeness (QED) is 0.454. The monoisotopic (exact) mass is 312 g/mol. The van der Waals surface area contributed by atoms with Crippen molar-refractivity contribution in [2.45, 2.75) is 26.7 Å². The molecule has 0 aromatic heterocycles. The van der Waals surface area contributed by atoms with Gasteiger partial charge in [-0.1, -0.05) is 13.8 Å². The van der Waals surface area contributed by atoms with Crippen molar-refractivity contribution in [3.05, 3.63) is 0 Å². The Kier molecular flexibility index (Phi) is 5.14. The van der Waals surface area contributed by atoms with Gasteiger partial charge in [-0.2, -0.15) is 0 Å². The van der Waals surface area contributed by atoms with E-state index in [9.17, 15) is 0 Å². The molecule has 0 aromatic carbocycles. The van der Waals surface area contributed by atoms with E-state index in [-0.39, 0.29) is 0 Å². The molecule has 1 atom stereocenters. The Balaban J connectivity index is 0.000000461. The van der Waals surface area contributed by atoms with Crippen molar-refractivity contribution in [2.24, 2.45) is 5.41 Å². The fourth-order valence-electron chi connectivity index (χ4n) is 2.31. The molecule has 0 radical (unpaired) electrons. The molecule has 1 unspecified atom stereocenters. The summed E-state index contributed by atoms with van der Waals surface area (Å²) in [5, 5.41) is 3.51. The van der Waals surface area contributed by atoms with Crippen molar-refractivity contribution in [1.82, 2.24) is 8.43 Å². The van der Waals surface area contributed by atoms with Crippen LogP contribution in [-0.2, 0) is 0 Å². The van der Waals surface area contributed by atoms with Crippen molar-refractivity contribution in [3.63, 3.8) is 0 Å². The second-order valence-corrected chi connectivity index (χ2v) is 9.69. The van der Waals surface area contributed by atoms with E-state index in [1.54, 1.807) is 0 Å². The third-order valence-electron chi connectivity index (χ3n) is 3.20. The summed E-state index contributed by atoms with van der Waals surface area (Å²) in [5.41, 5.74) is 0.696. The molecule has 0 amide bonds. The average molecular weight is 312 g/mol. The van der Waals surface area contributed by atoms with Crippen LogP contribution in [0.2, 0.25) is 0 Å². The number of hydrogen-bond donors (Lipinski definition) is 1. The van der Waals surface area contributed by atoms with E-state index in [0.717, 1.165) is 0 Å². The normalized spacial score (nSPS) is 33.0. The Morgan fingerprint density at radius 3 is 2.36 bits per heavy atom. The fraction of sp³-hybridized carbons (Fsp3) is 1.00. The second kappa shape index (κ2) is 5.66. The first-order chi connectivity index (χ1) is 6.72. The summed E-state index contributed by atoms with van der Waals surface area (Å²) in [4.78, 5) is 4.93. The third-order valence-corrected chi connectivity index (χ3v) is 6.75. The van der Waals surface area contributed by atoms with E-state index in [1.807, 2.05) is 13.8 Å². The maximum atomic E-state index is 3.51. The predicted molar refractivity (Wildman–Crippen MR) is 73.3 cm³/mol. The van der Waals surface area contributed by atoms with Gasteiger partial charge in [-0.05, 0) is 0 Å². The van der Waals surface area contributed by atoms with E-state index >= 15 is 0 Å². The van der Waals surface area contributed by atoms with Gasteiger partial charge in [0.25, 0.3) is 0 Å². The summed E-state index contributed by atoms with van der Waals surface area (Å²) in [6, 6.07) is 0. The van der Waals surface area contributed by atoms with Gasteiger partial charge >= 0.3 is 82.8 Å². The zero-order chi connectivity index (χ0) is 10.6. The van der Waals surface area contributed by atoms with Gasteiger partial charge in [-0.15, -0.1) is 0 Å². The van der Waals surface area contributed by atoms with Crippen LogP contribution >= 0.6 is 20.1 Å². The Bertz CT molecular complexity index is 165. The molecule has 2 aliphatic heterocycles. The van der Waals surface area contributed by atoms with Crippen LogP contribution in [0.5, 0.6) is 0 Å². The minimum absolute atomic E-state index is 0.658. The van der Waals surface area contributed by atoms with Crippen LogP contribution in [0.1, 0.15) is 26.7 Å². The topological polar surface area (TPSA) is 15.3 Å². The van der Waals surface area contributed by atoms with Crippen molar-refractivity contribution >= 4 is 20.1 Å². The number of alkyl halides is 2. The summed E-state index contributed by atoms with van der Waals surface area (Å²) in [6.07, 6.45) is 2.88. The minimum atomic E-state index is -0.658. The van der Waals surface area contributed by atoms with Gasteiger partial charge in [-0.3, -0.25) is 0 Å². The molecular formula is C11H25IN2. The van der Waals surface area contributed by atoms with Gasteiger partial charge in [0.15, 0.2) is 0 Å². The van der Waals surface area contributed by atoms with Crippen LogP contribution in [0.4, 0.5) is 0 Å². The summed E-state index contributed by atoms with van der Waals surface area (Å²) in [5.74, 6) is 0. The molecule has 86 valence electrons. The standard InChI is InChI=1S/C9H19IN2.C2H6/c1-10(2)12-6-4-9(8-12)3-5-11-7-9;1-2/h11H,3-8H2,1-2H3;1-2H3. The molecule has 2 aliphatic rings. The molecular weight excluding hydrogens is 287 g/mol. The molecule has 0 aliphatic carbocycles. The number of nitrogens with zero attached hydrogens (tertiary/aromatic N) is 1. The molecule has 2 heterocycles. The van der Waals surface area contributed by atoms with Gasteiger partial charge in [-0.25, -0.2) is 0 Å². The first-order valence-electron chi connectivity index (χ1n) is 5.68. The summed E-state index contributed by atoms with van der Waals surface area (Å²) in [7, 11) is 0. The van der Waals surface area contributed by atoms with Crippen molar-refractivity contribution < 1.29 is 0 Å². The van der Waals surface area contributed by atoms with Crippen LogP contribution < -0.4 is 5.32 Å². The van der Waals surface area contributed by atoms with Crippen LogP contribution in [0.3, 0.4) is 0 Å². The summed E-state index contributed by atoms with van der Waals surface area (Å²) in [6.45, 7) is 9.33. The van der Waals surface area contributed by atoms with Crippen LogP contribution in [0.25, 0.3) is 0 Å². The molecule has 2 nitrogen and oxygen atoms in total. The van der Waals surface area contributed by atoms with Crippen LogP contribution in [0, 0.1) is 5.41 Å². The first kappa shape index (κ1) is 12.7. The average Bonchev–Trinajstić information content (AvgIpc) is 2.81. The molecule has 3 heteroatoms. The summed E-state index contributed by atoms with van der Waals surface area (Å²) >= 11 is -0.658. The van der Waals surface area contributed by atoms with Gasteiger partial charge < -0.3 is 0 Å². The molecule has 14 heavy (non-hydrogen) atoms. The molecule has 0 saturated carbocycles. The van der Waals surface area contributed by atoms with Crippen LogP contribution in [-0.4, -0.2) is 39.2 Å². The van der Waals surface area contributed by atoms with Crippen molar-refractivity contribution in [2.75, 3.05) is 36.0 Å². The van der Waals surface area contributed by atoms with E-state index in [2.05, 4.69) is 18.3 Å². The van der Waals surface area contributed by atoms with E-state index in [1.165, 1.54) is 39.0 Å². The summed E-state index contributed by atoms with van der Waals surface area (Å²) < 4.78 is 2.77. The predicted octanol–water partition coefficient (Wildman–Crippen LogP) is 2.38. The molecule has 1 N–H and O–H groups in total. The zero-order valence-electron chi connectivity index (χ0n) is 10.1. The van der Waals surface area contributed by atoms with Gasteiger partial charge in [0.05, 0.1) is 0 Å². The molecule has 0 aromatic rings. The molecule has 0 bridgehead atoms. The first-order valence-corrected chi connectivity index (χ1v) is 11.0. The van der Waals surface area contributed by atoms with Gasteiger partial charge in [0, 0.05) is 0 Å². The number of halogens is 1.